The topological polar surface area (TPSA) is 122 Å². The van der Waals surface area contributed by atoms with E-state index in [1.54, 1.807) is 6.07 Å². The molecule has 1 aliphatic heterocycles. The second-order valence-corrected chi connectivity index (χ2v) is 5.84. The van der Waals surface area contributed by atoms with Crippen LogP contribution < -0.4 is 10.6 Å². The predicted molar refractivity (Wildman–Crippen MR) is 89.5 cm³/mol. The highest BCUT2D eigenvalue weighted by Crippen LogP contribution is 2.34. The monoisotopic (exact) mass is 361 g/mol. The van der Waals surface area contributed by atoms with Crippen molar-refractivity contribution in [1.29, 1.82) is 0 Å². The smallest absolute Gasteiger partial charge is 0.273 e. The number of nitro benzene ring substituents is 1. The number of carbonyl (C=O) groups excluding carboxylic acids is 2. The van der Waals surface area contributed by atoms with Crippen molar-refractivity contribution >= 4 is 34.8 Å². The van der Waals surface area contributed by atoms with Gasteiger partial charge in [-0.3, -0.25) is 25.0 Å². The first-order valence-corrected chi connectivity index (χ1v) is 7.59. The summed E-state index contributed by atoms with van der Waals surface area (Å²) in [6.07, 6.45) is 0. The third-order valence-electron chi connectivity index (χ3n) is 3.88. The van der Waals surface area contributed by atoms with Gasteiger partial charge in [0.2, 0.25) is 11.8 Å². The van der Waals surface area contributed by atoms with E-state index in [2.05, 4.69) is 10.6 Å². The first kappa shape index (κ1) is 16.7. The second kappa shape index (κ2) is 6.40. The molecule has 1 fully saturated rings. The van der Waals surface area contributed by atoms with Gasteiger partial charge in [-0.05, 0) is 18.2 Å². The average molecular weight is 362 g/mol. The third kappa shape index (κ3) is 3.11. The molecular weight excluding hydrogens is 350 g/mol. The molecule has 0 spiro atoms. The molecule has 2 amide bonds. The number of rotatable bonds is 4. The molecule has 2 unspecified atom stereocenters. The zero-order chi connectivity index (χ0) is 18.1. The molecule has 1 saturated heterocycles. The number of hydrogen-bond acceptors (Lipinski definition) is 6. The molecule has 3 rings (SSSR count). The summed E-state index contributed by atoms with van der Waals surface area (Å²) in [5.41, 5.74) is 0.285. The molecule has 1 aliphatic rings. The minimum absolute atomic E-state index is 0.0666. The Bertz CT molecular complexity index is 886. The highest BCUT2D eigenvalue weighted by atomic mass is 35.5. The lowest BCUT2D eigenvalue weighted by Gasteiger charge is -2.18. The van der Waals surface area contributed by atoms with E-state index in [1.807, 2.05) is 0 Å². The summed E-state index contributed by atoms with van der Waals surface area (Å²) in [4.78, 5) is 35.0. The maximum Gasteiger partial charge on any atom is 0.273 e. The summed E-state index contributed by atoms with van der Waals surface area (Å²) < 4.78 is 0. The van der Waals surface area contributed by atoms with Crippen LogP contribution in [0.15, 0.2) is 42.5 Å². The normalized spacial score (nSPS) is 19.6. The number of aromatic hydroxyl groups is 1. The molecule has 0 aliphatic carbocycles. The largest absolute Gasteiger partial charge is 0.506 e. The van der Waals surface area contributed by atoms with Crippen LogP contribution in [-0.2, 0) is 9.59 Å². The van der Waals surface area contributed by atoms with E-state index in [0.717, 1.165) is 0 Å². The van der Waals surface area contributed by atoms with E-state index in [4.69, 9.17) is 11.6 Å². The number of hydrogen-bond donors (Lipinski definition) is 3. The Morgan fingerprint density at radius 2 is 1.88 bits per heavy atom. The summed E-state index contributed by atoms with van der Waals surface area (Å²) in [5.74, 6) is -2.42. The SMILES string of the molecule is O=C1NC(=O)C(c2ccccc2[N+](=O)[O-])C1Nc1ccc(O)c(Cl)c1. The Labute approximate surface area is 146 Å². The number of nitro groups is 1. The molecule has 9 heteroatoms. The van der Waals surface area contributed by atoms with Crippen molar-refractivity contribution in [2.45, 2.75) is 12.0 Å². The van der Waals surface area contributed by atoms with Crippen molar-refractivity contribution in [3.05, 3.63) is 63.2 Å². The van der Waals surface area contributed by atoms with E-state index in [-0.39, 0.29) is 22.0 Å². The van der Waals surface area contributed by atoms with Gasteiger partial charge < -0.3 is 10.4 Å². The average Bonchev–Trinajstić information content (AvgIpc) is 2.84. The molecule has 0 saturated carbocycles. The number of halogens is 1. The quantitative estimate of drug-likeness (QED) is 0.332. The lowest BCUT2D eigenvalue weighted by atomic mass is 9.91. The Morgan fingerprint density at radius 1 is 1.16 bits per heavy atom. The van der Waals surface area contributed by atoms with Crippen LogP contribution in [0.5, 0.6) is 5.75 Å². The second-order valence-electron chi connectivity index (χ2n) is 5.44. The van der Waals surface area contributed by atoms with Gasteiger partial charge in [0, 0.05) is 17.3 Å². The van der Waals surface area contributed by atoms with Crippen molar-refractivity contribution in [3.8, 4) is 5.75 Å². The molecule has 25 heavy (non-hydrogen) atoms. The van der Waals surface area contributed by atoms with Crippen molar-refractivity contribution in [3.63, 3.8) is 0 Å². The lowest BCUT2D eigenvalue weighted by Crippen LogP contribution is -2.32. The summed E-state index contributed by atoms with van der Waals surface area (Å²) in [6.45, 7) is 0. The Balaban J connectivity index is 1.99. The number of phenolic OH excluding ortho intramolecular Hbond substituents is 1. The van der Waals surface area contributed by atoms with Gasteiger partial charge in [0.25, 0.3) is 5.69 Å². The Hall–Kier alpha value is -3.13. The van der Waals surface area contributed by atoms with Crippen LogP contribution >= 0.6 is 11.6 Å². The predicted octanol–water partition coefficient (Wildman–Crippen LogP) is 2.17. The van der Waals surface area contributed by atoms with Gasteiger partial charge >= 0.3 is 0 Å². The van der Waals surface area contributed by atoms with Gasteiger partial charge in [-0.2, -0.15) is 0 Å². The molecule has 0 bridgehead atoms. The first-order chi connectivity index (χ1) is 11.9. The van der Waals surface area contributed by atoms with Crippen LogP contribution in [-0.4, -0.2) is 27.9 Å². The minimum atomic E-state index is -1.07. The zero-order valence-electron chi connectivity index (χ0n) is 12.6. The lowest BCUT2D eigenvalue weighted by molar-refractivity contribution is -0.385. The van der Waals surface area contributed by atoms with E-state index >= 15 is 0 Å². The van der Waals surface area contributed by atoms with Gasteiger partial charge in [-0.15, -0.1) is 0 Å². The highest BCUT2D eigenvalue weighted by molar-refractivity contribution is 6.32. The van der Waals surface area contributed by atoms with Crippen LogP contribution in [0.3, 0.4) is 0 Å². The van der Waals surface area contributed by atoms with Gasteiger partial charge in [-0.1, -0.05) is 29.8 Å². The van der Waals surface area contributed by atoms with Crippen LogP contribution in [0.1, 0.15) is 11.5 Å². The maximum atomic E-state index is 12.2. The van der Waals surface area contributed by atoms with Gasteiger partial charge in [-0.25, -0.2) is 0 Å². The van der Waals surface area contributed by atoms with Crippen LogP contribution in [0.2, 0.25) is 5.02 Å². The molecule has 0 radical (unpaired) electrons. The highest BCUT2D eigenvalue weighted by Gasteiger charge is 2.45. The van der Waals surface area contributed by atoms with Gasteiger partial charge in [0.05, 0.1) is 15.9 Å². The number of carbonyl (C=O) groups is 2. The summed E-state index contributed by atoms with van der Waals surface area (Å²) in [7, 11) is 0. The number of imide groups is 1. The maximum absolute atomic E-state index is 12.2. The molecule has 3 N–H and O–H groups in total. The molecule has 8 nitrogen and oxygen atoms in total. The number of phenols is 1. The summed E-state index contributed by atoms with van der Waals surface area (Å²) in [5, 5.41) is 25.8. The molecular formula is C16H12ClN3O5. The fraction of sp³-hybridized carbons (Fsp3) is 0.125. The number of amides is 2. The van der Waals surface area contributed by atoms with Gasteiger partial charge in [0.1, 0.15) is 11.8 Å². The fourth-order valence-electron chi connectivity index (χ4n) is 2.74. The summed E-state index contributed by atoms with van der Waals surface area (Å²) >= 11 is 5.84. The number of para-hydroxylation sites is 1. The molecule has 2 atom stereocenters. The van der Waals surface area contributed by atoms with Crippen LogP contribution in [0, 0.1) is 10.1 Å². The number of nitrogens with zero attached hydrogens (tertiary/aromatic N) is 1. The van der Waals surface area contributed by atoms with E-state index < -0.39 is 28.7 Å². The Morgan fingerprint density at radius 3 is 2.56 bits per heavy atom. The van der Waals surface area contributed by atoms with Crippen molar-refractivity contribution in [2.75, 3.05) is 5.32 Å². The molecule has 0 aromatic heterocycles. The molecule has 2 aromatic rings. The zero-order valence-corrected chi connectivity index (χ0v) is 13.4. The van der Waals surface area contributed by atoms with E-state index in [1.165, 1.54) is 36.4 Å². The summed E-state index contributed by atoms with van der Waals surface area (Å²) in [6, 6.07) is 8.93. The number of anilines is 1. The third-order valence-corrected chi connectivity index (χ3v) is 4.19. The van der Waals surface area contributed by atoms with Crippen LogP contribution in [0.4, 0.5) is 11.4 Å². The number of nitrogens with one attached hydrogen (secondary N) is 2. The molecule has 1 heterocycles. The Kier molecular flexibility index (Phi) is 4.28. The number of benzene rings is 2. The molecule has 2 aromatic carbocycles. The first-order valence-electron chi connectivity index (χ1n) is 7.21. The van der Waals surface area contributed by atoms with E-state index in [0.29, 0.717) is 5.69 Å². The van der Waals surface area contributed by atoms with Crippen molar-refractivity contribution < 1.29 is 19.6 Å². The minimum Gasteiger partial charge on any atom is -0.506 e. The van der Waals surface area contributed by atoms with Crippen molar-refractivity contribution in [2.24, 2.45) is 0 Å². The fourth-order valence-corrected chi connectivity index (χ4v) is 2.92. The standard InChI is InChI=1S/C16H12ClN3O5/c17-10-7-8(5-6-12(10)21)18-14-13(15(22)19-16(14)23)9-3-1-2-4-11(9)20(24)25/h1-7,13-14,18,21H,(H,19,22,23). The van der Waals surface area contributed by atoms with Crippen LogP contribution in [0.25, 0.3) is 0 Å². The van der Waals surface area contributed by atoms with Gasteiger partial charge in [0.15, 0.2) is 0 Å². The van der Waals surface area contributed by atoms with E-state index in [9.17, 15) is 24.8 Å². The molecule has 128 valence electrons. The van der Waals surface area contributed by atoms with Crippen molar-refractivity contribution in [1.82, 2.24) is 5.32 Å².